The van der Waals surface area contributed by atoms with Crippen LogP contribution in [0.3, 0.4) is 0 Å². The number of amides is 1. The third kappa shape index (κ3) is 3.88. The summed E-state index contributed by atoms with van der Waals surface area (Å²) < 4.78 is 29.2. The zero-order valence-corrected chi connectivity index (χ0v) is 16.2. The van der Waals surface area contributed by atoms with E-state index in [1.165, 1.54) is 0 Å². The lowest BCUT2D eigenvalue weighted by molar-refractivity contribution is 0.00442. The van der Waals surface area contributed by atoms with E-state index in [2.05, 4.69) is 4.98 Å². The average Bonchev–Trinajstić information content (AvgIpc) is 2.73. The Morgan fingerprint density at radius 2 is 1.83 bits per heavy atom. The number of rotatable bonds is 1. The number of hydrogen-bond acceptors (Lipinski definition) is 5. The maximum atomic E-state index is 12.6. The van der Waals surface area contributed by atoms with Crippen LogP contribution in [0.2, 0.25) is 0 Å². The summed E-state index contributed by atoms with van der Waals surface area (Å²) in [7, 11) is -3.41. The van der Waals surface area contributed by atoms with Crippen molar-refractivity contribution in [2.24, 2.45) is 5.41 Å². The van der Waals surface area contributed by atoms with Gasteiger partial charge in [-0.25, -0.2) is 18.2 Å². The topological polar surface area (TPSA) is 76.6 Å². The first-order valence-corrected chi connectivity index (χ1v) is 9.78. The van der Waals surface area contributed by atoms with E-state index in [9.17, 15) is 13.2 Å². The Kier molecular flexibility index (Phi) is 4.46. The molecule has 1 aromatic heterocycles. The van der Waals surface area contributed by atoms with Crippen molar-refractivity contribution in [2.75, 3.05) is 6.26 Å². The third-order valence-corrected chi connectivity index (χ3v) is 4.76. The number of carbonyl (C=O) groups is 1. The van der Waals surface area contributed by atoms with Crippen molar-refractivity contribution in [3.63, 3.8) is 0 Å². The highest BCUT2D eigenvalue weighted by Gasteiger charge is 2.43. The summed E-state index contributed by atoms with van der Waals surface area (Å²) in [5.41, 5.74) is 0.805. The Hall–Kier alpha value is -1.63. The second kappa shape index (κ2) is 5.72. The van der Waals surface area contributed by atoms with E-state index in [0.717, 1.165) is 17.4 Å². The molecule has 134 valence electrons. The molecule has 0 aliphatic carbocycles. The lowest BCUT2D eigenvalue weighted by Crippen LogP contribution is -2.40. The smallest absolute Gasteiger partial charge is 0.411 e. The molecular formula is C17H26N2O4S. The predicted octanol–water partition coefficient (Wildman–Crippen LogP) is 3.32. The maximum Gasteiger partial charge on any atom is 0.411 e. The van der Waals surface area contributed by atoms with Crippen molar-refractivity contribution >= 4 is 15.9 Å². The molecular weight excluding hydrogens is 328 g/mol. The zero-order valence-electron chi connectivity index (χ0n) is 15.4. The molecule has 1 aromatic rings. The molecule has 0 spiro atoms. The summed E-state index contributed by atoms with van der Waals surface area (Å²) >= 11 is 0. The number of pyridine rings is 1. The van der Waals surface area contributed by atoms with Gasteiger partial charge in [0, 0.05) is 12.5 Å². The predicted molar refractivity (Wildman–Crippen MR) is 91.3 cm³/mol. The van der Waals surface area contributed by atoms with Crippen LogP contribution >= 0.6 is 0 Å². The fourth-order valence-corrected chi connectivity index (χ4v) is 3.52. The molecule has 1 atom stereocenters. The van der Waals surface area contributed by atoms with E-state index in [4.69, 9.17) is 4.74 Å². The molecule has 7 heteroatoms. The van der Waals surface area contributed by atoms with Crippen molar-refractivity contribution in [1.82, 2.24) is 9.88 Å². The third-order valence-electron chi connectivity index (χ3n) is 3.77. The lowest BCUT2D eigenvalue weighted by atomic mass is 9.83. The molecule has 6 nitrogen and oxygen atoms in total. The Bertz CT molecular complexity index is 758. The minimum absolute atomic E-state index is 0.0292. The van der Waals surface area contributed by atoms with Gasteiger partial charge in [0.05, 0.1) is 12.6 Å². The van der Waals surface area contributed by atoms with Gasteiger partial charge in [0.2, 0.25) is 0 Å². The number of ether oxygens (including phenoxy) is 1. The summed E-state index contributed by atoms with van der Waals surface area (Å²) in [4.78, 5) is 18.3. The minimum atomic E-state index is -3.41. The molecule has 0 radical (unpaired) electrons. The molecule has 1 aliphatic rings. The van der Waals surface area contributed by atoms with Gasteiger partial charge in [0.1, 0.15) is 5.60 Å². The van der Waals surface area contributed by atoms with Gasteiger partial charge in [-0.05, 0) is 43.4 Å². The quantitative estimate of drug-likeness (QED) is 0.773. The number of fused-ring (bicyclic) bond motifs is 1. The molecule has 1 aliphatic heterocycles. The fourth-order valence-electron chi connectivity index (χ4n) is 2.94. The zero-order chi connectivity index (χ0) is 18.5. The first-order chi connectivity index (χ1) is 10.7. The monoisotopic (exact) mass is 354 g/mol. The van der Waals surface area contributed by atoms with Crippen LogP contribution in [0, 0.1) is 5.41 Å². The molecule has 24 heavy (non-hydrogen) atoms. The van der Waals surface area contributed by atoms with Gasteiger partial charge in [0.25, 0.3) is 0 Å². The van der Waals surface area contributed by atoms with Gasteiger partial charge in [0.15, 0.2) is 14.9 Å². The van der Waals surface area contributed by atoms with Crippen LogP contribution in [0.1, 0.15) is 58.7 Å². The highest BCUT2D eigenvalue weighted by atomic mass is 32.2. The molecule has 1 amide bonds. The normalized spacial score (nSPS) is 18.5. The van der Waals surface area contributed by atoms with Crippen LogP contribution in [0.5, 0.6) is 0 Å². The Balaban J connectivity index is 2.49. The van der Waals surface area contributed by atoms with E-state index in [1.54, 1.807) is 17.2 Å². The van der Waals surface area contributed by atoms with Gasteiger partial charge >= 0.3 is 6.09 Å². The van der Waals surface area contributed by atoms with Crippen LogP contribution in [0.15, 0.2) is 17.3 Å². The second-order valence-corrected chi connectivity index (χ2v) is 10.3. The lowest BCUT2D eigenvalue weighted by Gasteiger charge is -2.36. The highest BCUT2D eigenvalue weighted by molar-refractivity contribution is 7.90. The molecule has 0 saturated carbocycles. The first-order valence-electron chi connectivity index (χ1n) is 7.88. The van der Waals surface area contributed by atoms with Crippen LogP contribution in [0.25, 0.3) is 0 Å². The number of nitrogens with zero attached hydrogens (tertiary/aromatic N) is 2. The van der Waals surface area contributed by atoms with E-state index >= 15 is 0 Å². The Morgan fingerprint density at radius 3 is 2.29 bits per heavy atom. The second-order valence-electron chi connectivity index (χ2n) is 8.37. The molecule has 0 saturated heterocycles. The molecule has 1 unspecified atom stereocenters. The first kappa shape index (κ1) is 18.7. The summed E-state index contributed by atoms with van der Waals surface area (Å²) in [6, 6.07) is 1.32. The standard InChI is InChI=1S/C17H26N2O4S/c1-16(2,3)14-12-8-13(24(7,21)22)18-9-11(12)10-19(14)15(20)23-17(4,5)6/h8-9,14H,10H2,1-7H3. The Morgan fingerprint density at radius 1 is 1.25 bits per heavy atom. The van der Waals surface area contributed by atoms with Crippen LogP contribution in [-0.4, -0.2) is 36.3 Å². The summed E-state index contributed by atoms with van der Waals surface area (Å²) in [6.07, 6.45) is 2.28. The van der Waals surface area contributed by atoms with Gasteiger partial charge < -0.3 is 4.74 Å². The van der Waals surface area contributed by atoms with E-state index in [-0.39, 0.29) is 16.5 Å². The maximum absolute atomic E-state index is 12.6. The summed E-state index contributed by atoms with van der Waals surface area (Å²) in [6.45, 7) is 11.9. The van der Waals surface area contributed by atoms with Gasteiger partial charge in [-0.1, -0.05) is 20.8 Å². The number of hydrogen-bond donors (Lipinski definition) is 0. The van der Waals surface area contributed by atoms with Crippen molar-refractivity contribution in [3.8, 4) is 0 Å². The molecule has 0 fully saturated rings. The minimum Gasteiger partial charge on any atom is -0.444 e. The Labute approximate surface area is 144 Å². The van der Waals surface area contributed by atoms with Gasteiger partial charge in [-0.15, -0.1) is 0 Å². The van der Waals surface area contributed by atoms with E-state index in [1.807, 2.05) is 41.5 Å². The largest absolute Gasteiger partial charge is 0.444 e. The van der Waals surface area contributed by atoms with Crippen molar-refractivity contribution < 1.29 is 17.9 Å². The van der Waals surface area contributed by atoms with E-state index in [0.29, 0.717) is 6.54 Å². The molecule has 0 aromatic carbocycles. The highest BCUT2D eigenvalue weighted by Crippen LogP contribution is 2.45. The van der Waals surface area contributed by atoms with Gasteiger partial charge in [-0.2, -0.15) is 0 Å². The number of aromatic nitrogens is 1. The van der Waals surface area contributed by atoms with Crippen LogP contribution in [0.4, 0.5) is 4.79 Å². The van der Waals surface area contributed by atoms with Crippen molar-refractivity contribution in [3.05, 3.63) is 23.4 Å². The molecule has 2 rings (SSSR count). The SMILES string of the molecule is CC(C)(C)OC(=O)N1Cc2cnc(S(C)(=O)=O)cc2C1C(C)(C)C. The van der Waals surface area contributed by atoms with Crippen LogP contribution in [-0.2, 0) is 21.1 Å². The molecule has 0 bridgehead atoms. The number of carbonyl (C=O) groups excluding carboxylic acids is 1. The van der Waals surface area contributed by atoms with Crippen molar-refractivity contribution in [2.45, 2.75) is 64.8 Å². The fraction of sp³-hybridized carbons (Fsp3) is 0.647. The molecule has 0 N–H and O–H groups in total. The average molecular weight is 354 g/mol. The van der Waals surface area contributed by atoms with Crippen LogP contribution < -0.4 is 0 Å². The van der Waals surface area contributed by atoms with E-state index < -0.39 is 21.5 Å². The summed E-state index contributed by atoms with van der Waals surface area (Å²) in [5.74, 6) is 0. The van der Waals surface area contributed by atoms with Crippen molar-refractivity contribution in [1.29, 1.82) is 0 Å². The number of sulfone groups is 1. The summed E-state index contributed by atoms with van der Waals surface area (Å²) in [5, 5.41) is 0.0292. The molecule has 2 heterocycles. The van der Waals surface area contributed by atoms with Gasteiger partial charge in [-0.3, -0.25) is 4.90 Å².